The quantitative estimate of drug-likeness (QED) is 0.859. The fraction of sp³-hybridized carbons (Fsp3) is 0.615. The summed E-state index contributed by atoms with van der Waals surface area (Å²) in [4.78, 5) is 6.66. The van der Waals surface area contributed by atoms with Crippen molar-refractivity contribution in [1.29, 1.82) is 0 Å². The minimum absolute atomic E-state index is 0.0315. The van der Waals surface area contributed by atoms with E-state index in [0.29, 0.717) is 0 Å². The van der Waals surface area contributed by atoms with Gasteiger partial charge in [0.2, 0.25) is 0 Å². The summed E-state index contributed by atoms with van der Waals surface area (Å²) in [6.45, 7) is 7.77. The van der Waals surface area contributed by atoms with Crippen molar-refractivity contribution in [3.05, 3.63) is 24.0 Å². The summed E-state index contributed by atoms with van der Waals surface area (Å²) >= 11 is 0. The van der Waals surface area contributed by atoms with E-state index in [1.165, 1.54) is 11.3 Å². The Morgan fingerprint density at radius 3 is 3.06 bits per heavy atom. The van der Waals surface area contributed by atoms with Crippen LogP contribution < -0.4 is 10.2 Å². The molecule has 0 radical (unpaired) electrons. The Hall–Kier alpha value is -1.13. The zero-order valence-corrected chi connectivity index (χ0v) is 10.9. The molecule has 1 aromatic rings. The molecule has 1 N–H and O–H groups in total. The minimum Gasteiger partial charge on any atom is -0.377 e. The second-order valence-electron chi connectivity index (χ2n) is 5.05. The second kappa shape index (κ2) is 5.02. The van der Waals surface area contributed by atoms with Crippen LogP contribution in [0.3, 0.4) is 0 Å². The molecule has 1 saturated heterocycles. The number of nitrogens with one attached hydrogen (secondary N) is 1. The number of aromatic nitrogens is 1. The summed E-state index contributed by atoms with van der Waals surface area (Å²) in [5, 5.41) is 3.21. The lowest BCUT2D eigenvalue weighted by atomic mass is 10.0. The van der Waals surface area contributed by atoms with E-state index in [2.05, 4.69) is 35.1 Å². The molecule has 2 rings (SSSR count). The highest BCUT2D eigenvalue weighted by molar-refractivity contribution is 5.54. The molecule has 94 valence electrons. The van der Waals surface area contributed by atoms with Gasteiger partial charge >= 0.3 is 0 Å². The number of ether oxygens (including phenoxy) is 1. The molecule has 1 fully saturated rings. The molecule has 2 heterocycles. The third kappa shape index (κ3) is 2.58. The normalized spacial score (nSPS) is 19.4. The van der Waals surface area contributed by atoms with Crippen LogP contribution in [0.15, 0.2) is 18.5 Å². The van der Waals surface area contributed by atoms with Gasteiger partial charge in [0.05, 0.1) is 30.6 Å². The Bertz CT molecular complexity index is 379. The fourth-order valence-corrected chi connectivity index (χ4v) is 2.30. The summed E-state index contributed by atoms with van der Waals surface area (Å²) in [6.07, 6.45) is 3.81. The van der Waals surface area contributed by atoms with Gasteiger partial charge in [-0.25, -0.2) is 0 Å². The zero-order chi connectivity index (χ0) is 12.3. The molecule has 1 aromatic heterocycles. The van der Waals surface area contributed by atoms with Crippen molar-refractivity contribution < 1.29 is 4.74 Å². The van der Waals surface area contributed by atoms with Crippen LogP contribution in [0, 0.1) is 0 Å². The van der Waals surface area contributed by atoms with Crippen LogP contribution >= 0.6 is 0 Å². The molecule has 0 unspecified atom stereocenters. The Morgan fingerprint density at radius 2 is 2.35 bits per heavy atom. The number of morpholine rings is 1. The Morgan fingerprint density at radius 1 is 1.53 bits per heavy atom. The predicted molar refractivity (Wildman–Crippen MR) is 69.2 cm³/mol. The van der Waals surface area contributed by atoms with Crippen molar-refractivity contribution in [2.45, 2.75) is 25.9 Å². The van der Waals surface area contributed by atoms with Gasteiger partial charge in [0.25, 0.3) is 0 Å². The van der Waals surface area contributed by atoms with Crippen molar-refractivity contribution in [3.8, 4) is 0 Å². The Balaban J connectivity index is 2.31. The van der Waals surface area contributed by atoms with E-state index in [9.17, 15) is 0 Å². The van der Waals surface area contributed by atoms with Crippen LogP contribution in [0.4, 0.5) is 5.69 Å². The molecule has 17 heavy (non-hydrogen) atoms. The highest BCUT2D eigenvalue weighted by Crippen LogP contribution is 2.29. The monoisotopic (exact) mass is 235 g/mol. The highest BCUT2D eigenvalue weighted by Gasteiger charge is 2.31. The van der Waals surface area contributed by atoms with Crippen molar-refractivity contribution in [3.63, 3.8) is 0 Å². The molecule has 0 saturated carbocycles. The standard InChI is InChI=1S/C13H21N3O/c1-13(2)10-17-7-6-16(13)12-9-15-5-4-11(12)8-14-3/h4-5,9,14H,6-8,10H2,1-3H3. The Labute approximate surface area is 103 Å². The topological polar surface area (TPSA) is 37.4 Å². The summed E-state index contributed by atoms with van der Waals surface area (Å²) in [5.74, 6) is 0. The zero-order valence-electron chi connectivity index (χ0n) is 10.9. The van der Waals surface area contributed by atoms with Crippen LogP contribution in [0.5, 0.6) is 0 Å². The van der Waals surface area contributed by atoms with Gasteiger partial charge in [-0.15, -0.1) is 0 Å². The molecule has 0 aromatic carbocycles. The highest BCUT2D eigenvalue weighted by atomic mass is 16.5. The van der Waals surface area contributed by atoms with Crippen LogP contribution in [0.25, 0.3) is 0 Å². The molecule has 4 nitrogen and oxygen atoms in total. The summed E-state index contributed by atoms with van der Waals surface area (Å²) in [7, 11) is 1.97. The number of pyridine rings is 1. The van der Waals surface area contributed by atoms with Gasteiger partial charge in [-0.3, -0.25) is 4.98 Å². The molecular formula is C13H21N3O. The minimum atomic E-state index is 0.0315. The van der Waals surface area contributed by atoms with E-state index in [1.807, 2.05) is 19.4 Å². The second-order valence-corrected chi connectivity index (χ2v) is 5.05. The lowest BCUT2D eigenvalue weighted by Gasteiger charge is -2.44. The van der Waals surface area contributed by atoms with E-state index >= 15 is 0 Å². The van der Waals surface area contributed by atoms with Crippen molar-refractivity contribution in [1.82, 2.24) is 10.3 Å². The van der Waals surface area contributed by atoms with Crippen LogP contribution in [-0.4, -0.2) is 37.3 Å². The first-order valence-corrected chi connectivity index (χ1v) is 6.08. The maximum atomic E-state index is 5.56. The van der Waals surface area contributed by atoms with Gasteiger partial charge in [0, 0.05) is 19.3 Å². The van der Waals surface area contributed by atoms with Crippen molar-refractivity contribution in [2.24, 2.45) is 0 Å². The molecular weight excluding hydrogens is 214 g/mol. The maximum absolute atomic E-state index is 5.56. The van der Waals surface area contributed by atoms with E-state index in [0.717, 1.165) is 26.3 Å². The summed E-state index contributed by atoms with van der Waals surface area (Å²) < 4.78 is 5.56. The van der Waals surface area contributed by atoms with Crippen LogP contribution in [0.1, 0.15) is 19.4 Å². The first-order chi connectivity index (χ1) is 8.15. The molecule has 0 amide bonds. The van der Waals surface area contributed by atoms with Gasteiger partial charge in [-0.2, -0.15) is 0 Å². The van der Waals surface area contributed by atoms with Gasteiger partial charge in [0.1, 0.15) is 0 Å². The van der Waals surface area contributed by atoms with Crippen molar-refractivity contribution >= 4 is 5.69 Å². The van der Waals surface area contributed by atoms with Crippen LogP contribution in [-0.2, 0) is 11.3 Å². The van der Waals surface area contributed by atoms with Crippen LogP contribution in [0.2, 0.25) is 0 Å². The molecule has 1 aliphatic heterocycles. The lowest BCUT2D eigenvalue weighted by molar-refractivity contribution is 0.0642. The molecule has 0 bridgehead atoms. The summed E-state index contributed by atoms with van der Waals surface area (Å²) in [5.41, 5.74) is 2.54. The van der Waals surface area contributed by atoms with Gasteiger partial charge in [0.15, 0.2) is 0 Å². The average Bonchev–Trinajstić information content (AvgIpc) is 2.30. The van der Waals surface area contributed by atoms with E-state index in [-0.39, 0.29) is 5.54 Å². The number of hydrogen-bond acceptors (Lipinski definition) is 4. The number of hydrogen-bond donors (Lipinski definition) is 1. The first-order valence-electron chi connectivity index (χ1n) is 6.08. The van der Waals surface area contributed by atoms with E-state index < -0.39 is 0 Å². The van der Waals surface area contributed by atoms with Crippen molar-refractivity contribution in [2.75, 3.05) is 31.7 Å². The molecule has 0 aliphatic carbocycles. The lowest BCUT2D eigenvalue weighted by Crippen LogP contribution is -2.53. The predicted octanol–water partition coefficient (Wildman–Crippen LogP) is 1.42. The SMILES string of the molecule is CNCc1ccncc1N1CCOCC1(C)C. The van der Waals surface area contributed by atoms with E-state index in [1.54, 1.807) is 0 Å². The maximum Gasteiger partial charge on any atom is 0.0694 e. The molecule has 0 atom stereocenters. The first kappa shape index (κ1) is 12.3. The third-order valence-corrected chi connectivity index (χ3v) is 3.19. The average molecular weight is 235 g/mol. The third-order valence-electron chi connectivity index (χ3n) is 3.19. The molecule has 4 heteroatoms. The van der Waals surface area contributed by atoms with Gasteiger partial charge < -0.3 is 15.0 Å². The molecule has 0 spiro atoms. The van der Waals surface area contributed by atoms with Gasteiger partial charge in [-0.05, 0) is 32.5 Å². The number of rotatable bonds is 3. The van der Waals surface area contributed by atoms with E-state index in [4.69, 9.17) is 4.74 Å². The Kier molecular flexibility index (Phi) is 3.64. The number of anilines is 1. The summed E-state index contributed by atoms with van der Waals surface area (Å²) in [6, 6.07) is 2.08. The molecule has 1 aliphatic rings. The van der Waals surface area contributed by atoms with Gasteiger partial charge in [-0.1, -0.05) is 0 Å². The largest absolute Gasteiger partial charge is 0.377 e. The smallest absolute Gasteiger partial charge is 0.0694 e. The number of nitrogens with zero attached hydrogens (tertiary/aromatic N) is 2. The fourth-order valence-electron chi connectivity index (χ4n) is 2.30.